The van der Waals surface area contributed by atoms with Crippen molar-refractivity contribution in [1.82, 2.24) is 0 Å². The number of rotatable bonds is 2. The average molecular weight is 298 g/mol. The fourth-order valence-electron chi connectivity index (χ4n) is 2.55. The van der Waals surface area contributed by atoms with E-state index in [0.29, 0.717) is 0 Å². The fourth-order valence-corrected chi connectivity index (χ4v) is 3.03. The van der Waals surface area contributed by atoms with Crippen LogP contribution in [0.15, 0.2) is 22.7 Å². The summed E-state index contributed by atoms with van der Waals surface area (Å²) in [5.74, 6) is -0.937. The molecule has 17 heavy (non-hydrogen) atoms. The lowest BCUT2D eigenvalue weighted by molar-refractivity contribution is -0.141. The second-order valence-corrected chi connectivity index (χ2v) is 5.51. The standard InChI is InChI=1S/C13H16BrNO2/c1-8-7-10(14)3-4-12(8)15-6-5-11(9(15)2)13(16)17/h3-4,7,9,11H,5-6H2,1-2H3,(H,16,17). The van der Waals surface area contributed by atoms with E-state index in [1.165, 1.54) is 5.56 Å². The molecule has 1 aliphatic rings. The summed E-state index contributed by atoms with van der Waals surface area (Å²) in [7, 11) is 0. The van der Waals surface area contributed by atoms with Gasteiger partial charge in [0, 0.05) is 22.7 Å². The number of aryl methyl sites for hydroxylation is 1. The van der Waals surface area contributed by atoms with Gasteiger partial charge in [-0.1, -0.05) is 15.9 Å². The molecule has 1 heterocycles. The Morgan fingerprint density at radius 2 is 2.24 bits per heavy atom. The van der Waals surface area contributed by atoms with Crippen molar-refractivity contribution in [3.8, 4) is 0 Å². The van der Waals surface area contributed by atoms with Crippen molar-refractivity contribution in [2.45, 2.75) is 26.3 Å². The normalized spacial score (nSPS) is 24.1. The van der Waals surface area contributed by atoms with Crippen LogP contribution < -0.4 is 4.90 Å². The van der Waals surface area contributed by atoms with Crippen LogP contribution in [-0.4, -0.2) is 23.7 Å². The van der Waals surface area contributed by atoms with Gasteiger partial charge >= 0.3 is 5.97 Å². The third kappa shape index (κ3) is 2.32. The molecular formula is C13H16BrNO2. The number of carbonyl (C=O) groups is 1. The van der Waals surface area contributed by atoms with E-state index < -0.39 is 5.97 Å². The topological polar surface area (TPSA) is 40.5 Å². The predicted molar refractivity (Wildman–Crippen MR) is 71.4 cm³/mol. The molecule has 2 unspecified atom stereocenters. The van der Waals surface area contributed by atoms with Crippen LogP contribution in [0.1, 0.15) is 18.9 Å². The first kappa shape index (κ1) is 12.4. The summed E-state index contributed by atoms with van der Waals surface area (Å²) >= 11 is 3.44. The van der Waals surface area contributed by atoms with Crippen molar-refractivity contribution in [2.24, 2.45) is 5.92 Å². The number of hydrogen-bond donors (Lipinski definition) is 1. The smallest absolute Gasteiger partial charge is 0.308 e. The van der Waals surface area contributed by atoms with Crippen LogP contribution in [0.4, 0.5) is 5.69 Å². The Bertz CT molecular complexity index is 447. The zero-order valence-electron chi connectivity index (χ0n) is 9.98. The first-order valence-electron chi connectivity index (χ1n) is 5.76. The van der Waals surface area contributed by atoms with Crippen LogP contribution in [0.25, 0.3) is 0 Å². The largest absolute Gasteiger partial charge is 0.481 e. The van der Waals surface area contributed by atoms with E-state index in [2.05, 4.69) is 39.9 Å². The van der Waals surface area contributed by atoms with Gasteiger partial charge in [0.25, 0.3) is 0 Å². The Balaban J connectivity index is 2.27. The number of aliphatic carboxylic acids is 1. The minimum Gasteiger partial charge on any atom is -0.481 e. The summed E-state index contributed by atoms with van der Waals surface area (Å²) in [6, 6.07) is 6.19. The quantitative estimate of drug-likeness (QED) is 0.912. The molecule has 1 N–H and O–H groups in total. The molecule has 0 saturated carbocycles. The van der Waals surface area contributed by atoms with Crippen LogP contribution in [0, 0.1) is 12.8 Å². The fraction of sp³-hybridized carbons (Fsp3) is 0.462. The van der Waals surface area contributed by atoms with Crippen LogP contribution >= 0.6 is 15.9 Å². The van der Waals surface area contributed by atoms with Gasteiger partial charge in [-0.05, 0) is 44.0 Å². The zero-order valence-corrected chi connectivity index (χ0v) is 11.6. The van der Waals surface area contributed by atoms with Crippen molar-refractivity contribution in [1.29, 1.82) is 0 Å². The van der Waals surface area contributed by atoms with Gasteiger partial charge in [0.15, 0.2) is 0 Å². The zero-order chi connectivity index (χ0) is 12.6. The molecule has 1 aromatic rings. The van der Waals surface area contributed by atoms with Gasteiger partial charge in [-0.2, -0.15) is 0 Å². The molecule has 0 spiro atoms. The molecule has 1 aliphatic heterocycles. The van der Waals surface area contributed by atoms with Crippen LogP contribution in [-0.2, 0) is 4.79 Å². The maximum Gasteiger partial charge on any atom is 0.308 e. The van der Waals surface area contributed by atoms with Gasteiger partial charge in [-0.3, -0.25) is 4.79 Å². The summed E-state index contributed by atoms with van der Waals surface area (Å²) in [4.78, 5) is 13.3. The van der Waals surface area contributed by atoms with Gasteiger partial charge in [0.05, 0.1) is 5.92 Å². The van der Waals surface area contributed by atoms with E-state index in [4.69, 9.17) is 5.11 Å². The third-order valence-corrected chi connectivity index (χ3v) is 4.03. The molecule has 0 aromatic heterocycles. The lowest BCUT2D eigenvalue weighted by atomic mass is 10.0. The lowest BCUT2D eigenvalue weighted by Gasteiger charge is -2.27. The summed E-state index contributed by atoms with van der Waals surface area (Å²) < 4.78 is 1.06. The molecule has 4 heteroatoms. The van der Waals surface area contributed by atoms with Gasteiger partial charge in [-0.25, -0.2) is 0 Å². The second-order valence-electron chi connectivity index (χ2n) is 4.60. The van der Waals surface area contributed by atoms with E-state index in [9.17, 15) is 4.79 Å². The highest BCUT2D eigenvalue weighted by Crippen LogP contribution is 2.33. The van der Waals surface area contributed by atoms with E-state index in [0.717, 1.165) is 23.1 Å². The molecule has 2 atom stereocenters. The molecule has 3 nitrogen and oxygen atoms in total. The molecule has 2 rings (SSSR count). The second kappa shape index (κ2) is 4.69. The lowest BCUT2D eigenvalue weighted by Crippen LogP contribution is -2.33. The Morgan fingerprint density at radius 3 is 2.76 bits per heavy atom. The number of carboxylic acid groups (broad SMARTS) is 1. The van der Waals surface area contributed by atoms with Gasteiger partial charge in [0.1, 0.15) is 0 Å². The Kier molecular flexibility index (Phi) is 3.43. The minimum absolute atomic E-state index is 0.0624. The first-order valence-corrected chi connectivity index (χ1v) is 6.55. The summed E-state index contributed by atoms with van der Waals surface area (Å²) in [5, 5.41) is 9.13. The van der Waals surface area contributed by atoms with E-state index in [1.807, 2.05) is 13.0 Å². The highest BCUT2D eigenvalue weighted by atomic mass is 79.9. The van der Waals surface area contributed by atoms with E-state index in [1.54, 1.807) is 0 Å². The molecule has 1 saturated heterocycles. The van der Waals surface area contributed by atoms with E-state index in [-0.39, 0.29) is 12.0 Å². The van der Waals surface area contributed by atoms with E-state index >= 15 is 0 Å². The molecule has 0 amide bonds. The van der Waals surface area contributed by atoms with Crippen molar-refractivity contribution in [2.75, 3.05) is 11.4 Å². The number of carboxylic acids is 1. The Morgan fingerprint density at radius 1 is 1.53 bits per heavy atom. The first-order chi connectivity index (χ1) is 8.00. The highest BCUT2D eigenvalue weighted by Gasteiger charge is 2.36. The van der Waals surface area contributed by atoms with Gasteiger partial charge in [-0.15, -0.1) is 0 Å². The van der Waals surface area contributed by atoms with Crippen LogP contribution in [0.2, 0.25) is 0 Å². The van der Waals surface area contributed by atoms with Crippen molar-refractivity contribution in [3.63, 3.8) is 0 Å². The van der Waals surface area contributed by atoms with Crippen LogP contribution in [0.5, 0.6) is 0 Å². The molecule has 92 valence electrons. The minimum atomic E-state index is -0.685. The number of halogens is 1. The monoisotopic (exact) mass is 297 g/mol. The third-order valence-electron chi connectivity index (χ3n) is 3.54. The molecular weight excluding hydrogens is 282 g/mol. The average Bonchev–Trinajstić information content (AvgIpc) is 2.60. The maximum atomic E-state index is 11.1. The number of anilines is 1. The summed E-state index contributed by atoms with van der Waals surface area (Å²) in [5.41, 5.74) is 2.32. The SMILES string of the molecule is Cc1cc(Br)ccc1N1CCC(C(=O)O)C1C. The molecule has 1 aromatic carbocycles. The molecule has 0 bridgehead atoms. The van der Waals surface area contributed by atoms with Gasteiger partial charge in [0.2, 0.25) is 0 Å². The maximum absolute atomic E-state index is 11.1. The number of hydrogen-bond acceptors (Lipinski definition) is 2. The van der Waals surface area contributed by atoms with Crippen LogP contribution in [0.3, 0.4) is 0 Å². The van der Waals surface area contributed by atoms with Crippen molar-refractivity contribution >= 4 is 27.6 Å². The number of benzene rings is 1. The Labute approximate surface area is 110 Å². The van der Waals surface area contributed by atoms with Crippen molar-refractivity contribution < 1.29 is 9.90 Å². The molecule has 0 aliphatic carbocycles. The number of nitrogens with zero attached hydrogens (tertiary/aromatic N) is 1. The van der Waals surface area contributed by atoms with Crippen molar-refractivity contribution in [3.05, 3.63) is 28.2 Å². The molecule has 1 fully saturated rings. The predicted octanol–water partition coefficient (Wildman–Crippen LogP) is 3.06. The summed E-state index contributed by atoms with van der Waals surface area (Å²) in [6.45, 7) is 4.87. The molecule has 0 radical (unpaired) electrons. The summed E-state index contributed by atoms with van der Waals surface area (Å²) in [6.07, 6.45) is 0.728. The van der Waals surface area contributed by atoms with Gasteiger partial charge < -0.3 is 10.0 Å². The highest BCUT2D eigenvalue weighted by molar-refractivity contribution is 9.10. The Hall–Kier alpha value is -1.03.